The Kier molecular flexibility index (Phi) is 17.2. The van der Waals surface area contributed by atoms with Crippen molar-refractivity contribution >= 4 is 0 Å². The van der Waals surface area contributed by atoms with Gasteiger partial charge < -0.3 is 59.2 Å². The van der Waals surface area contributed by atoms with Crippen molar-refractivity contribution in [2.24, 2.45) is 11.8 Å². The molecule has 0 bridgehead atoms. The Hall–Kier alpha value is -4.88. The molecule has 0 aromatic heterocycles. The Balaban J connectivity index is 1.07. The lowest BCUT2D eigenvalue weighted by atomic mass is 9.79. The fourth-order valence-corrected chi connectivity index (χ4v) is 12.4. The molecule has 4 atom stereocenters. The van der Waals surface area contributed by atoms with Crippen LogP contribution in [0, 0.1) is 11.8 Å². The van der Waals surface area contributed by atoms with E-state index >= 15 is 0 Å². The van der Waals surface area contributed by atoms with Crippen LogP contribution in [0.3, 0.4) is 0 Å². The van der Waals surface area contributed by atoms with E-state index < -0.39 is 0 Å². The fraction of sp³-hybridized carbons (Fsp3) is 0.571. The van der Waals surface area contributed by atoms with Gasteiger partial charge in [-0.15, -0.1) is 0 Å². The number of nitrogens with one attached hydrogen (secondary N) is 4. The van der Waals surface area contributed by atoms with Crippen molar-refractivity contribution in [2.75, 3.05) is 83.1 Å². The zero-order chi connectivity index (χ0) is 47.6. The molecule has 0 saturated carbocycles. The third-order valence-corrected chi connectivity index (χ3v) is 15.7. The first kappa shape index (κ1) is 49.5. The van der Waals surface area contributed by atoms with Crippen molar-refractivity contribution in [1.29, 1.82) is 0 Å². The lowest BCUT2D eigenvalue weighted by Gasteiger charge is -2.34. The molecule has 68 heavy (non-hydrogen) atoms. The summed E-state index contributed by atoms with van der Waals surface area (Å²) in [5.74, 6) is 8.59. The third kappa shape index (κ3) is 10.6. The number of methoxy groups -OCH3 is 8. The second kappa shape index (κ2) is 23.6. The van der Waals surface area contributed by atoms with Crippen molar-refractivity contribution in [3.05, 3.63) is 93.0 Å². The predicted octanol–water partition coefficient (Wildman–Crippen LogP) is 9.74. The molecule has 4 N–H and O–H groups in total. The number of benzene rings is 4. The average Bonchev–Trinajstić information content (AvgIpc) is 3.39. The van der Waals surface area contributed by atoms with Crippen LogP contribution in [0.15, 0.2) is 48.5 Å². The molecule has 0 fully saturated rings. The SMILES string of the molecule is COc1ccc(OC)c2c1CCNC2CCC(CCC(CCC1NCCc2c(OC)ccc(OC)c21)CCC1NCCc2c(OC)ccc(OC)c21)CCC1NCCc2c(OC)ccc(OC)c21. The molecule has 370 valence electrons. The molecule has 4 aromatic carbocycles. The maximum Gasteiger partial charge on any atom is 0.124 e. The Morgan fingerprint density at radius 1 is 0.324 bits per heavy atom. The van der Waals surface area contributed by atoms with Crippen LogP contribution in [0.25, 0.3) is 0 Å². The first-order valence-corrected chi connectivity index (χ1v) is 25.3. The summed E-state index contributed by atoms with van der Waals surface area (Å²) < 4.78 is 47.7. The number of hydrogen-bond donors (Lipinski definition) is 4. The average molecular weight is 935 g/mol. The minimum Gasteiger partial charge on any atom is -0.496 e. The third-order valence-electron chi connectivity index (χ3n) is 15.7. The molecule has 0 saturated heterocycles. The van der Waals surface area contributed by atoms with Crippen molar-refractivity contribution in [3.8, 4) is 46.0 Å². The van der Waals surface area contributed by atoms with Gasteiger partial charge in [-0.25, -0.2) is 0 Å². The molecule has 0 amide bonds. The summed E-state index contributed by atoms with van der Waals surface area (Å²) in [7, 11) is 14.3. The van der Waals surface area contributed by atoms with Crippen LogP contribution in [0.4, 0.5) is 0 Å². The number of hydrogen-bond acceptors (Lipinski definition) is 12. The standard InChI is InChI=1S/C56H78N4O8/c1-61-45-19-23-49(65-5)53-37(45)27-31-57-41(53)15-11-35(12-16-42-54-38(28-32-58-42)46(62-2)20-24-50(54)66-6)9-10-36(13-17-43-55-39(29-33-59-43)47(63-3)21-25-51(55)67-7)14-18-44-56-40(30-34-60-44)48(64-4)22-26-52(56)68-8/h19-26,35-36,41-44,57-60H,9-18,27-34H2,1-8H3. The van der Waals surface area contributed by atoms with E-state index in [9.17, 15) is 0 Å². The number of ether oxygens (including phenoxy) is 8. The minimum absolute atomic E-state index is 0.189. The predicted molar refractivity (Wildman–Crippen MR) is 269 cm³/mol. The second-order valence-corrected chi connectivity index (χ2v) is 19.1. The van der Waals surface area contributed by atoms with Gasteiger partial charge in [0.15, 0.2) is 0 Å². The summed E-state index contributed by atoms with van der Waals surface area (Å²) in [6, 6.07) is 17.3. The van der Waals surface area contributed by atoms with Crippen molar-refractivity contribution in [3.63, 3.8) is 0 Å². The van der Waals surface area contributed by atoms with Gasteiger partial charge in [-0.3, -0.25) is 0 Å². The number of rotatable bonds is 23. The van der Waals surface area contributed by atoms with E-state index in [4.69, 9.17) is 37.9 Å². The van der Waals surface area contributed by atoms with Crippen LogP contribution < -0.4 is 59.2 Å². The molecule has 0 radical (unpaired) electrons. The summed E-state index contributed by atoms with van der Waals surface area (Å²) in [5.41, 5.74) is 10.1. The summed E-state index contributed by atoms with van der Waals surface area (Å²) in [5, 5.41) is 15.6. The lowest BCUT2D eigenvalue weighted by Crippen LogP contribution is -2.32. The Morgan fingerprint density at radius 3 is 0.735 bits per heavy atom. The highest BCUT2D eigenvalue weighted by Gasteiger charge is 2.33. The van der Waals surface area contributed by atoms with E-state index in [1.165, 1.54) is 44.5 Å². The molecule has 0 spiro atoms. The van der Waals surface area contributed by atoms with Gasteiger partial charge >= 0.3 is 0 Å². The van der Waals surface area contributed by atoms with E-state index in [0.717, 1.165) is 162 Å². The molecule has 4 aliphatic rings. The smallest absolute Gasteiger partial charge is 0.124 e. The molecule has 12 nitrogen and oxygen atoms in total. The molecule has 0 aliphatic carbocycles. The molecule has 12 heteroatoms. The Morgan fingerprint density at radius 2 is 0.529 bits per heavy atom. The lowest BCUT2D eigenvalue weighted by molar-refractivity contribution is 0.274. The molecule has 4 aromatic rings. The summed E-state index contributed by atoms with van der Waals surface area (Å²) in [6.45, 7) is 3.68. The van der Waals surface area contributed by atoms with Crippen LogP contribution in [-0.2, 0) is 25.7 Å². The fourth-order valence-electron chi connectivity index (χ4n) is 12.4. The van der Waals surface area contributed by atoms with Crippen LogP contribution >= 0.6 is 0 Å². The highest BCUT2D eigenvalue weighted by Crippen LogP contribution is 2.46. The maximum absolute atomic E-state index is 6.02. The van der Waals surface area contributed by atoms with Crippen LogP contribution in [0.2, 0.25) is 0 Å². The first-order valence-electron chi connectivity index (χ1n) is 25.3. The monoisotopic (exact) mass is 935 g/mol. The maximum atomic E-state index is 6.02. The normalized spacial score (nSPS) is 20.4. The van der Waals surface area contributed by atoms with Crippen molar-refractivity contribution in [2.45, 2.75) is 114 Å². The summed E-state index contributed by atoms with van der Waals surface area (Å²) in [6.07, 6.45) is 14.5. The van der Waals surface area contributed by atoms with Gasteiger partial charge in [0.25, 0.3) is 0 Å². The first-order chi connectivity index (χ1) is 33.4. The van der Waals surface area contributed by atoms with E-state index in [1.54, 1.807) is 56.9 Å². The van der Waals surface area contributed by atoms with Crippen molar-refractivity contribution in [1.82, 2.24) is 21.3 Å². The Labute approximate surface area is 405 Å². The number of fused-ring (bicyclic) bond motifs is 4. The topological polar surface area (TPSA) is 122 Å². The highest BCUT2D eigenvalue weighted by atomic mass is 16.5. The van der Waals surface area contributed by atoms with Crippen LogP contribution in [-0.4, -0.2) is 83.1 Å². The van der Waals surface area contributed by atoms with Gasteiger partial charge in [-0.2, -0.15) is 0 Å². The van der Waals surface area contributed by atoms with E-state index in [2.05, 4.69) is 69.8 Å². The zero-order valence-electron chi connectivity index (χ0n) is 42.1. The van der Waals surface area contributed by atoms with Gasteiger partial charge in [0.05, 0.1) is 56.9 Å². The van der Waals surface area contributed by atoms with Gasteiger partial charge in [0.2, 0.25) is 0 Å². The highest BCUT2D eigenvalue weighted by molar-refractivity contribution is 5.55. The molecule has 4 unspecified atom stereocenters. The summed E-state index contributed by atoms with van der Waals surface area (Å²) >= 11 is 0. The summed E-state index contributed by atoms with van der Waals surface area (Å²) in [4.78, 5) is 0. The van der Waals surface area contributed by atoms with E-state index in [-0.39, 0.29) is 24.2 Å². The van der Waals surface area contributed by atoms with Crippen LogP contribution in [0.5, 0.6) is 46.0 Å². The molecule has 8 rings (SSSR count). The van der Waals surface area contributed by atoms with Gasteiger partial charge in [-0.05, 0) is 164 Å². The Bertz CT molecular complexity index is 1990. The second-order valence-electron chi connectivity index (χ2n) is 19.1. The van der Waals surface area contributed by atoms with E-state index in [1.807, 2.05) is 0 Å². The van der Waals surface area contributed by atoms with E-state index in [0.29, 0.717) is 11.8 Å². The minimum atomic E-state index is 0.189. The van der Waals surface area contributed by atoms with Crippen LogP contribution in [0.1, 0.15) is 133 Å². The molecule has 4 aliphatic heterocycles. The quantitative estimate of drug-likeness (QED) is 0.0567. The molecular formula is C56H78N4O8. The van der Waals surface area contributed by atoms with Crippen molar-refractivity contribution < 1.29 is 37.9 Å². The largest absolute Gasteiger partial charge is 0.496 e. The van der Waals surface area contributed by atoms with Gasteiger partial charge in [-0.1, -0.05) is 12.8 Å². The molecule has 4 heterocycles. The van der Waals surface area contributed by atoms with Gasteiger partial charge in [0.1, 0.15) is 46.0 Å². The van der Waals surface area contributed by atoms with Gasteiger partial charge in [0, 0.05) is 68.7 Å². The molecular weight excluding hydrogens is 857 g/mol. The zero-order valence-corrected chi connectivity index (χ0v) is 42.1.